The number of hydrogen-bond donors (Lipinski definition) is 0. The van der Waals surface area contributed by atoms with Gasteiger partial charge in [-0.15, -0.1) is 0 Å². The number of carbonyl (C=O) groups excluding carboxylic acids is 1. The first kappa shape index (κ1) is 13.5. The Kier molecular flexibility index (Phi) is 6.42. The van der Waals surface area contributed by atoms with Crippen molar-refractivity contribution in [1.29, 1.82) is 0 Å². The lowest BCUT2D eigenvalue weighted by Crippen LogP contribution is -2.30. The molecule has 0 unspecified atom stereocenters. The Bertz CT molecular complexity index is 202. The zero-order valence-corrected chi connectivity index (χ0v) is 10.4. The zero-order valence-electron chi connectivity index (χ0n) is 10.4. The van der Waals surface area contributed by atoms with E-state index in [1.165, 1.54) is 0 Å². The molecule has 1 fully saturated rings. The highest BCUT2D eigenvalue weighted by Crippen LogP contribution is 2.18. The van der Waals surface area contributed by atoms with Gasteiger partial charge in [0, 0.05) is 33.9 Å². The summed E-state index contributed by atoms with van der Waals surface area (Å²) in [5.74, 6) is 0.903. The lowest BCUT2D eigenvalue weighted by molar-refractivity contribution is -0.131. The summed E-state index contributed by atoms with van der Waals surface area (Å²) in [6.45, 7) is 3.13. The number of rotatable bonds is 6. The monoisotopic (exact) mass is 229 g/mol. The number of carbonyl (C=O) groups is 1. The lowest BCUT2D eigenvalue weighted by Gasteiger charge is -2.24. The Morgan fingerprint density at radius 2 is 2.12 bits per heavy atom. The van der Waals surface area contributed by atoms with Crippen molar-refractivity contribution >= 4 is 5.91 Å². The molecule has 0 spiro atoms. The Morgan fingerprint density at radius 3 is 2.75 bits per heavy atom. The number of ether oxygens (including phenoxy) is 2. The lowest BCUT2D eigenvalue weighted by atomic mass is 9.96. The molecule has 4 heteroatoms. The molecule has 94 valence electrons. The maximum Gasteiger partial charge on any atom is 0.224 e. The average molecular weight is 229 g/mol. The summed E-state index contributed by atoms with van der Waals surface area (Å²) in [5, 5.41) is 0. The van der Waals surface area contributed by atoms with E-state index in [4.69, 9.17) is 9.47 Å². The molecule has 0 N–H and O–H groups in total. The number of nitrogens with zero attached hydrogens (tertiary/aromatic N) is 1. The fourth-order valence-corrected chi connectivity index (χ4v) is 1.92. The minimum Gasteiger partial charge on any atom is -0.384 e. The SMILES string of the molecule is COCCC(=O)N(C)CCC1CCOCC1. The van der Waals surface area contributed by atoms with Crippen LogP contribution in [0.25, 0.3) is 0 Å². The minimum atomic E-state index is 0.175. The Hall–Kier alpha value is -0.610. The molecule has 0 aromatic carbocycles. The van der Waals surface area contributed by atoms with E-state index < -0.39 is 0 Å². The van der Waals surface area contributed by atoms with Crippen molar-refractivity contribution in [2.45, 2.75) is 25.7 Å². The molecule has 0 aromatic heterocycles. The van der Waals surface area contributed by atoms with Gasteiger partial charge in [0.2, 0.25) is 5.91 Å². The summed E-state index contributed by atoms with van der Waals surface area (Å²) >= 11 is 0. The maximum atomic E-state index is 11.6. The first-order valence-electron chi connectivity index (χ1n) is 6.04. The molecule has 1 rings (SSSR count). The first-order valence-corrected chi connectivity index (χ1v) is 6.04. The van der Waals surface area contributed by atoms with E-state index in [1.54, 1.807) is 7.11 Å². The molecule has 0 bridgehead atoms. The predicted molar refractivity (Wildman–Crippen MR) is 62.3 cm³/mol. The molecule has 1 aliphatic rings. The van der Waals surface area contributed by atoms with E-state index in [2.05, 4.69) is 0 Å². The first-order chi connectivity index (χ1) is 7.74. The molecule has 4 nitrogen and oxygen atoms in total. The third-order valence-corrected chi connectivity index (χ3v) is 3.16. The minimum absolute atomic E-state index is 0.175. The Balaban J connectivity index is 2.12. The van der Waals surface area contributed by atoms with Gasteiger partial charge in [0.05, 0.1) is 13.0 Å². The van der Waals surface area contributed by atoms with Gasteiger partial charge in [0.15, 0.2) is 0 Å². The molecular weight excluding hydrogens is 206 g/mol. The molecule has 0 aliphatic carbocycles. The van der Waals surface area contributed by atoms with Crippen LogP contribution in [0.5, 0.6) is 0 Å². The highest BCUT2D eigenvalue weighted by Gasteiger charge is 2.15. The summed E-state index contributed by atoms with van der Waals surface area (Å²) in [7, 11) is 3.49. The van der Waals surface area contributed by atoms with Crippen LogP contribution in [0.3, 0.4) is 0 Å². The summed E-state index contributed by atoms with van der Waals surface area (Å²) in [4.78, 5) is 13.4. The van der Waals surface area contributed by atoms with Gasteiger partial charge in [-0.05, 0) is 25.2 Å². The van der Waals surface area contributed by atoms with Crippen LogP contribution in [0.15, 0.2) is 0 Å². The molecule has 0 atom stereocenters. The molecule has 16 heavy (non-hydrogen) atoms. The number of amides is 1. The topological polar surface area (TPSA) is 38.8 Å². The summed E-state index contributed by atoms with van der Waals surface area (Å²) in [6, 6.07) is 0. The largest absolute Gasteiger partial charge is 0.384 e. The van der Waals surface area contributed by atoms with Crippen molar-refractivity contribution in [2.24, 2.45) is 5.92 Å². The quantitative estimate of drug-likeness (QED) is 0.689. The van der Waals surface area contributed by atoms with E-state index in [0.29, 0.717) is 13.0 Å². The van der Waals surface area contributed by atoms with Crippen LogP contribution in [0, 0.1) is 5.92 Å². The van der Waals surface area contributed by atoms with Gasteiger partial charge in [-0.3, -0.25) is 4.79 Å². The van der Waals surface area contributed by atoms with Gasteiger partial charge in [0.25, 0.3) is 0 Å². The highest BCUT2D eigenvalue weighted by atomic mass is 16.5. The predicted octanol–water partition coefficient (Wildman–Crippen LogP) is 1.30. The van der Waals surface area contributed by atoms with Gasteiger partial charge in [-0.1, -0.05) is 0 Å². The van der Waals surface area contributed by atoms with Crippen molar-refractivity contribution in [3.63, 3.8) is 0 Å². The average Bonchev–Trinajstić information content (AvgIpc) is 2.34. The normalized spacial score (nSPS) is 17.4. The summed E-state index contributed by atoms with van der Waals surface area (Å²) < 4.78 is 10.2. The van der Waals surface area contributed by atoms with Crippen molar-refractivity contribution in [2.75, 3.05) is 40.5 Å². The fraction of sp³-hybridized carbons (Fsp3) is 0.917. The van der Waals surface area contributed by atoms with Gasteiger partial charge in [-0.25, -0.2) is 0 Å². The summed E-state index contributed by atoms with van der Waals surface area (Å²) in [5.41, 5.74) is 0. The van der Waals surface area contributed by atoms with Crippen molar-refractivity contribution < 1.29 is 14.3 Å². The van der Waals surface area contributed by atoms with Crippen LogP contribution in [0.2, 0.25) is 0 Å². The maximum absolute atomic E-state index is 11.6. The number of methoxy groups -OCH3 is 1. The molecule has 0 saturated carbocycles. The molecule has 1 aliphatic heterocycles. The van der Waals surface area contributed by atoms with Crippen LogP contribution in [-0.2, 0) is 14.3 Å². The standard InChI is InChI=1S/C12H23NO3/c1-13(12(14)6-8-15-2)7-3-11-4-9-16-10-5-11/h11H,3-10H2,1-2H3. The van der Waals surface area contributed by atoms with E-state index in [0.717, 1.165) is 44.9 Å². The van der Waals surface area contributed by atoms with Crippen molar-refractivity contribution in [3.8, 4) is 0 Å². The van der Waals surface area contributed by atoms with Crippen LogP contribution in [0.1, 0.15) is 25.7 Å². The third kappa shape index (κ3) is 4.94. The van der Waals surface area contributed by atoms with Crippen LogP contribution < -0.4 is 0 Å². The second-order valence-electron chi connectivity index (χ2n) is 4.40. The van der Waals surface area contributed by atoms with Gasteiger partial charge in [-0.2, -0.15) is 0 Å². The summed E-state index contributed by atoms with van der Waals surface area (Å²) in [6.07, 6.45) is 3.86. The molecule has 0 radical (unpaired) electrons. The third-order valence-electron chi connectivity index (χ3n) is 3.16. The molecular formula is C12H23NO3. The van der Waals surface area contributed by atoms with E-state index in [1.807, 2.05) is 11.9 Å². The van der Waals surface area contributed by atoms with Crippen LogP contribution >= 0.6 is 0 Å². The molecule has 1 amide bonds. The molecule has 1 saturated heterocycles. The number of hydrogen-bond acceptors (Lipinski definition) is 3. The smallest absolute Gasteiger partial charge is 0.224 e. The van der Waals surface area contributed by atoms with Crippen LogP contribution in [0.4, 0.5) is 0 Å². The molecule has 0 aromatic rings. The van der Waals surface area contributed by atoms with Crippen molar-refractivity contribution in [3.05, 3.63) is 0 Å². The van der Waals surface area contributed by atoms with Gasteiger partial charge < -0.3 is 14.4 Å². The second-order valence-corrected chi connectivity index (χ2v) is 4.40. The van der Waals surface area contributed by atoms with E-state index in [-0.39, 0.29) is 5.91 Å². The van der Waals surface area contributed by atoms with Gasteiger partial charge in [0.1, 0.15) is 0 Å². The molecule has 1 heterocycles. The van der Waals surface area contributed by atoms with E-state index in [9.17, 15) is 4.79 Å². The second kappa shape index (κ2) is 7.63. The highest BCUT2D eigenvalue weighted by molar-refractivity contribution is 5.75. The van der Waals surface area contributed by atoms with Gasteiger partial charge >= 0.3 is 0 Å². The van der Waals surface area contributed by atoms with E-state index >= 15 is 0 Å². The van der Waals surface area contributed by atoms with Crippen molar-refractivity contribution in [1.82, 2.24) is 4.90 Å². The zero-order chi connectivity index (χ0) is 11.8. The van der Waals surface area contributed by atoms with Crippen LogP contribution in [-0.4, -0.2) is 51.3 Å². The Labute approximate surface area is 97.9 Å². The Morgan fingerprint density at radius 1 is 1.44 bits per heavy atom. The fourth-order valence-electron chi connectivity index (χ4n) is 1.92.